The van der Waals surface area contributed by atoms with Gasteiger partial charge in [0.1, 0.15) is 6.04 Å². The number of fused-ring (bicyclic) bond motifs is 1. The van der Waals surface area contributed by atoms with Crippen LogP contribution in [-0.4, -0.2) is 52.8 Å². The van der Waals surface area contributed by atoms with Crippen molar-refractivity contribution in [3.05, 3.63) is 52.2 Å². The second-order valence-electron chi connectivity index (χ2n) is 9.24. The maximum atomic E-state index is 13.2. The Hall–Kier alpha value is -3.95. The van der Waals surface area contributed by atoms with Crippen molar-refractivity contribution in [2.24, 2.45) is 5.73 Å². The topological polar surface area (TPSA) is 135 Å². The summed E-state index contributed by atoms with van der Waals surface area (Å²) in [6.45, 7) is 4.19. The van der Waals surface area contributed by atoms with E-state index < -0.39 is 18.0 Å². The van der Waals surface area contributed by atoms with Gasteiger partial charge in [-0.2, -0.15) is 0 Å². The molecular formula is C25H27N5O5. The summed E-state index contributed by atoms with van der Waals surface area (Å²) in [6, 6.07) is 4.97. The highest BCUT2D eigenvalue weighted by molar-refractivity contribution is 6.05. The van der Waals surface area contributed by atoms with Crippen LogP contribution in [0.25, 0.3) is 0 Å². The zero-order valence-electron chi connectivity index (χ0n) is 19.5. The van der Waals surface area contributed by atoms with Crippen LogP contribution < -0.4 is 20.7 Å². The molecule has 1 aromatic carbocycles. The molecule has 2 fully saturated rings. The standard InChI is InChI=1S/C25H27N5O5/c1-14-17(23(35-25(26)34)27-12-20(14)29-8-2-3-9-29)10-15-4-5-16-13-30(24(33)18(16)11-15)19-6-7-21(31)28-22(19)32/h4-5,11-12,19H,2-3,6-10,13H2,1H3,(H2,26,34)(H,28,31,32). The number of hydrogen-bond donors (Lipinski definition) is 2. The van der Waals surface area contributed by atoms with Gasteiger partial charge in [-0.1, -0.05) is 12.1 Å². The molecule has 3 aliphatic heterocycles. The first-order valence-corrected chi connectivity index (χ1v) is 11.8. The molecule has 2 aromatic rings. The number of benzene rings is 1. The highest BCUT2D eigenvalue weighted by Gasteiger charge is 2.39. The average molecular weight is 478 g/mol. The SMILES string of the molecule is Cc1c(N2CCCC2)cnc(OC(N)=O)c1Cc1ccc2c(c1)C(=O)N(C1CCC(=O)NC1=O)C2. The van der Waals surface area contributed by atoms with Crippen LogP contribution in [0.5, 0.6) is 5.88 Å². The highest BCUT2D eigenvalue weighted by atomic mass is 16.6. The van der Waals surface area contributed by atoms with Crippen molar-refractivity contribution in [3.8, 4) is 5.88 Å². The number of ether oxygens (including phenoxy) is 1. The number of amides is 4. The third kappa shape index (κ3) is 4.31. The summed E-state index contributed by atoms with van der Waals surface area (Å²) >= 11 is 0. The molecule has 182 valence electrons. The van der Waals surface area contributed by atoms with Crippen molar-refractivity contribution in [3.63, 3.8) is 0 Å². The Labute approximate surface area is 202 Å². The molecule has 4 amide bonds. The number of aromatic nitrogens is 1. The van der Waals surface area contributed by atoms with Crippen molar-refractivity contribution in [1.82, 2.24) is 15.2 Å². The molecule has 3 aliphatic rings. The maximum Gasteiger partial charge on any atom is 0.411 e. The van der Waals surface area contributed by atoms with Gasteiger partial charge in [-0.15, -0.1) is 0 Å². The van der Waals surface area contributed by atoms with Crippen molar-refractivity contribution >= 4 is 29.5 Å². The van der Waals surface area contributed by atoms with E-state index in [-0.39, 0.29) is 24.1 Å². The van der Waals surface area contributed by atoms with Crippen molar-refractivity contribution in [1.29, 1.82) is 0 Å². The summed E-state index contributed by atoms with van der Waals surface area (Å²) in [4.78, 5) is 56.7. The van der Waals surface area contributed by atoms with Crippen LogP contribution in [0.15, 0.2) is 24.4 Å². The molecule has 1 aromatic heterocycles. The second kappa shape index (κ2) is 9.01. The van der Waals surface area contributed by atoms with E-state index in [4.69, 9.17) is 10.5 Å². The highest BCUT2D eigenvalue weighted by Crippen LogP contribution is 2.34. The molecule has 0 radical (unpaired) electrons. The van der Waals surface area contributed by atoms with Gasteiger partial charge in [0, 0.05) is 43.6 Å². The fourth-order valence-electron chi connectivity index (χ4n) is 5.19. The summed E-state index contributed by atoms with van der Waals surface area (Å²) in [7, 11) is 0. The van der Waals surface area contributed by atoms with E-state index in [0.717, 1.165) is 53.9 Å². The van der Waals surface area contributed by atoms with Crippen LogP contribution in [-0.2, 0) is 22.6 Å². The van der Waals surface area contributed by atoms with Crippen molar-refractivity contribution < 1.29 is 23.9 Å². The lowest BCUT2D eigenvalue weighted by Gasteiger charge is -2.29. The molecule has 0 spiro atoms. The molecule has 10 nitrogen and oxygen atoms in total. The normalized spacial score (nSPS) is 19.7. The molecule has 35 heavy (non-hydrogen) atoms. The molecule has 0 saturated carbocycles. The summed E-state index contributed by atoms with van der Waals surface area (Å²) in [5.74, 6) is -0.816. The van der Waals surface area contributed by atoms with Gasteiger partial charge in [-0.05, 0) is 48.9 Å². The summed E-state index contributed by atoms with van der Waals surface area (Å²) in [6.07, 6.45) is 3.93. The molecule has 3 N–H and O–H groups in total. The number of nitrogens with two attached hydrogens (primary N) is 1. The number of primary amides is 1. The third-order valence-corrected chi connectivity index (χ3v) is 7.02. The number of hydrogen-bond acceptors (Lipinski definition) is 7. The summed E-state index contributed by atoms with van der Waals surface area (Å²) in [5.41, 5.74) is 10.2. The van der Waals surface area contributed by atoms with Crippen LogP contribution >= 0.6 is 0 Å². The minimum atomic E-state index is -0.934. The van der Waals surface area contributed by atoms with Gasteiger partial charge in [0.05, 0.1) is 11.9 Å². The van der Waals surface area contributed by atoms with Crippen LogP contribution in [0.1, 0.15) is 58.3 Å². The van der Waals surface area contributed by atoms with Gasteiger partial charge >= 0.3 is 6.09 Å². The fourth-order valence-corrected chi connectivity index (χ4v) is 5.19. The van der Waals surface area contributed by atoms with Crippen LogP contribution in [0, 0.1) is 6.92 Å². The Morgan fingerprint density at radius 2 is 2.00 bits per heavy atom. The lowest BCUT2D eigenvalue weighted by molar-refractivity contribution is -0.136. The number of carbonyl (C=O) groups is 4. The van der Waals surface area contributed by atoms with E-state index in [1.165, 1.54) is 4.90 Å². The molecule has 1 atom stereocenters. The van der Waals surface area contributed by atoms with Gasteiger partial charge in [0.2, 0.25) is 17.7 Å². The number of pyridine rings is 1. The lowest BCUT2D eigenvalue weighted by atomic mass is 9.97. The van der Waals surface area contributed by atoms with E-state index in [0.29, 0.717) is 24.9 Å². The van der Waals surface area contributed by atoms with E-state index in [1.54, 1.807) is 6.20 Å². The number of imide groups is 1. The quantitative estimate of drug-likeness (QED) is 0.627. The Morgan fingerprint density at radius 3 is 2.71 bits per heavy atom. The van der Waals surface area contributed by atoms with Crippen LogP contribution in [0.4, 0.5) is 10.5 Å². The summed E-state index contributed by atoms with van der Waals surface area (Å²) in [5, 5.41) is 2.32. The van der Waals surface area contributed by atoms with Crippen LogP contribution in [0.2, 0.25) is 0 Å². The molecular weight excluding hydrogens is 450 g/mol. The Bertz CT molecular complexity index is 1240. The van der Waals surface area contributed by atoms with Gasteiger partial charge in [0.15, 0.2) is 0 Å². The van der Waals surface area contributed by atoms with Crippen molar-refractivity contribution in [2.75, 3.05) is 18.0 Å². The maximum absolute atomic E-state index is 13.2. The Morgan fingerprint density at radius 1 is 1.23 bits per heavy atom. The predicted octanol–water partition coefficient (Wildman–Crippen LogP) is 1.80. The lowest BCUT2D eigenvalue weighted by Crippen LogP contribution is -2.52. The minimum absolute atomic E-state index is 0.162. The van der Waals surface area contributed by atoms with E-state index >= 15 is 0 Å². The second-order valence-corrected chi connectivity index (χ2v) is 9.24. The molecule has 0 aliphatic carbocycles. The number of piperidine rings is 1. The van der Waals surface area contributed by atoms with Gasteiger partial charge < -0.3 is 20.3 Å². The van der Waals surface area contributed by atoms with E-state index in [9.17, 15) is 19.2 Å². The van der Waals surface area contributed by atoms with E-state index in [2.05, 4.69) is 15.2 Å². The van der Waals surface area contributed by atoms with Gasteiger partial charge in [-0.3, -0.25) is 19.7 Å². The zero-order valence-corrected chi connectivity index (χ0v) is 19.5. The fraction of sp³-hybridized carbons (Fsp3) is 0.400. The molecule has 10 heteroatoms. The molecule has 2 saturated heterocycles. The summed E-state index contributed by atoms with van der Waals surface area (Å²) < 4.78 is 5.21. The molecule has 1 unspecified atom stereocenters. The number of rotatable bonds is 5. The van der Waals surface area contributed by atoms with Gasteiger partial charge in [0.25, 0.3) is 5.91 Å². The first-order valence-electron chi connectivity index (χ1n) is 11.8. The smallest absolute Gasteiger partial charge is 0.391 e. The van der Waals surface area contributed by atoms with E-state index in [1.807, 2.05) is 25.1 Å². The number of nitrogens with zero attached hydrogens (tertiary/aromatic N) is 3. The zero-order chi connectivity index (χ0) is 24.7. The molecule has 4 heterocycles. The number of nitrogens with one attached hydrogen (secondary N) is 1. The Balaban J connectivity index is 1.43. The Kier molecular flexibility index (Phi) is 5.88. The molecule has 0 bridgehead atoms. The number of carbonyl (C=O) groups excluding carboxylic acids is 4. The third-order valence-electron chi connectivity index (χ3n) is 7.02. The predicted molar refractivity (Wildman–Crippen MR) is 126 cm³/mol. The van der Waals surface area contributed by atoms with Crippen LogP contribution in [0.3, 0.4) is 0 Å². The monoisotopic (exact) mass is 477 g/mol. The largest absolute Gasteiger partial charge is 0.411 e. The average Bonchev–Trinajstić information content (AvgIpc) is 3.45. The number of anilines is 1. The first-order chi connectivity index (χ1) is 16.8. The minimum Gasteiger partial charge on any atom is -0.391 e. The van der Waals surface area contributed by atoms with Crippen molar-refractivity contribution in [2.45, 2.75) is 51.6 Å². The first kappa shape index (κ1) is 22.8. The van der Waals surface area contributed by atoms with Gasteiger partial charge in [-0.25, -0.2) is 9.78 Å². The molecule has 5 rings (SSSR count).